The number of benzene rings is 2. The zero-order chi connectivity index (χ0) is 26.4. The van der Waals surface area contributed by atoms with Gasteiger partial charge >= 0.3 is 17.9 Å². The minimum Gasteiger partial charge on any atom is -0.464 e. The van der Waals surface area contributed by atoms with Gasteiger partial charge in [-0.15, -0.1) is 0 Å². The zero-order valence-electron chi connectivity index (χ0n) is 20.9. The number of hydrogen-bond donors (Lipinski definition) is 1. The first kappa shape index (κ1) is 28.8. The van der Waals surface area contributed by atoms with Gasteiger partial charge in [-0.25, -0.2) is 14.4 Å². The standard InChI is InChI=1S/C27H34O9/c1-4-32-24(28)23(27(31,25(29)33-5-2)26(30)34-6-3)35-19-11-10-12-20-15-17-22(18-16-20)36-21-13-8-7-9-14-21/h7-9,13-18,23,31H,4-6,10-12,19H2,1-3H3. The molecule has 36 heavy (non-hydrogen) atoms. The van der Waals surface area contributed by atoms with E-state index in [1.54, 1.807) is 6.92 Å². The molecule has 2 rings (SSSR count). The Morgan fingerprint density at radius 2 is 1.33 bits per heavy atom. The average molecular weight is 503 g/mol. The Morgan fingerprint density at radius 1 is 0.778 bits per heavy atom. The van der Waals surface area contributed by atoms with Crippen LogP contribution in [0, 0.1) is 0 Å². The van der Waals surface area contributed by atoms with Crippen LogP contribution < -0.4 is 4.74 Å². The Labute approximate surface area is 211 Å². The summed E-state index contributed by atoms with van der Waals surface area (Å²) in [5.74, 6) is -2.25. The van der Waals surface area contributed by atoms with Gasteiger partial charge in [0.05, 0.1) is 19.8 Å². The monoisotopic (exact) mass is 502 g/mol. The van der Waals surface area contributed by atoms with Gasteiger partial charge in [0.25, 0.3) is 5.60 Å². The molecular formula is C27H34O9. The highest BCUT2D eigenvalue weighted by Gasteiger charge is 2.58. The van der Waals surface area contributed by atoms with Gasteiger partial charge in [0, 0.05) is 6.61 Å². The van der Waals surface area contributed by atoms with Gasteiger partial charge in [0.1, 0.15) is 11.5 Å². The molecule has 9 nitrogen and oxygen atoms in total. The van der Waals surface area contributed by atoms with E-state index >= 15 is 0 Å². The van der Waals surface area contributed by atoms with Crippen LogP contribution in [-0.2, 0) is 39.8 Å². The molecule has 1 unspecified atom stereocenters. The molecule has 9 heteroatoms. The van der Waals surface area contributed by atoms with E-state index in [0.717, 1.165) is 23.5 Å². The summed E-state index contributed by atoms with van der Waals surface area (Å²) in [5, 5.41) is 10.9. The van der Waals surface area contributed by atoms with E-state index in [1.807, 2.05) is 54.6 Å². The largest absolute Gasteiger partial charge is 0.464 e. The lowest BCUT2D eigenvalue weighted by Crippen LogP contribution is -2.61. The first-order valence-electron chi connectivity index (χ1n) is 12.0. The van der Waals surface area contributed by atoms with Crippen LogP contribution in [0.5, 0.6) is 11.5 Å². The molecule has 1 atom stereocenters. The number of unbranched alkanes of at least 4 members (excludes halogenated alkanes) is 1. The molecule has 1 N–H and O–H groups in total. The van der Waals surface area contributed by atoms with Gasteiger partial charge in [-0.3, -0.25) is 0 Å². The molecule has 0 bridgehead atoms. The highest BCUT2D eigenvalue weighted by atomic mass is 16.6. The smallest absolute Gasteiger partial charge is 0.353 e. The normalized spacial score (nSPS) is 11.9. The first-order valence-corrected chi connectivity index (χ1v) is 12.0. The average Bonchev–Trinajstić information content (AvgIpc) is 2.87. The lowest BCUT2D eigenvalue weighted by molar-refractivity contribution is -0.208. The number of aryl methyl sites for hydroxylation is 1. The van der Waals surface area contributed by atoms with E-state index in [0.29, 0.717) is 12.8 Å². The second-order valence-electron chi connectivity index (χ2n) is 7.73. The minimum absolute atomic E-state index is 0.0141. The Bertz CT molecular complexity index is 939. The zero-order valence-corrected chi connectivity index (χ0v) is 20.9. The van der Waals surface area contributed by atoms with Crippen LogP contribution in [0.2, 0.25) is 0 Å². The van der Waals surface area contributed by atoms with E-state index in [-0.39, 0.29) is 26.4 Å². The molecule has 196 valence electrons. The van der Waals surface area contributed by atoms with Crippen molar-refractivity contribution in [1.29, 1.82) is 0 Å². The summed E-state index contributed by atoms with van der Waals surface area (Å²) in [5.41, 5.74) is -1.90. The van der Waals surface area contributed by atoms with E-state index < -0.39 is 29.6 Å². The SMILES string of the molecule is CCOC(=O)C(OCCCCc1ccc(Oc2ccccc2)cc1)C(O)(C(=O)OCC)C(=O)OCC. The molecule has 0 aliphatic rings. The highest BCUT2D eigenvalue weighted by molar-refractivity contribution is 6.08. The Hall–Kier alpha value is -3.43. The number of aliphatic hydroxyl groups is 1. The van der Waals surface area contributed by atoms with Crippen molar-refractivity contribution in [2.75, 3.05) is 26.4 Å². The summed E-state index contributed by atoms with van der Waals surface area (Å²) in [6.07, 6.45) is -0.0325. The maximum atomic E-state index is 12.5. The quantitative estimate of drug-likeness (QED) is 0.169. The number of carbonyl (C=O) groups is 3. The van der Waals surface area contributed by atoms with E-state index in [9.17, 15) is 19.5 Å². The van der Waals surface area contributed by atoms with Gasteiger partial charge in [0.15, 0.2) is 0 Å². The summed E-state index contributed by atoms with van der Waals surface area (Å²) in [7, 11) is 0. The third-order valence-corrected chi connectivity index (χ3v) is 5.10. The van der Waals surface area contributed by atoms with Crippen molar-refractivity contribution in [3.05, 3.63) is 60.2 Å². The lowest BCUT2D eigenvalue weighted by Gasteiger charge is -2.30. The Morgan fingerprint density at radius 3 is 1.89 bits per heavy atom. The highest BCUT2D eigenvalue weighted by Crippen LogP contribution is 2.23. The summed E-state index contributed by atoms with van der Waals surface area (Å²) in [6.45, 7) is 4.27. The molecule has 0 aliphatic carbocycles. The number of ether oxygens (including phenoxy) is 5. The maximum Gasteiger partial charge on any atom is 0.353 e. The van der Waals surface area contributed by atoms with E-state index in [2.05, 4.69) is 0 Å². The molecule has 0 amide bonds. The molecule has 0 radical (unpaired) electrons. The summed E-state index contributed by atoms with van der Waals surface area (Å²) in [4.78, 5) is 37.5. The Balaban J connectivity index is 1.96. The van der Waals surface area contributed by atoms with Crippen LogP contribution in [0.1, 0.15) is 39.2 Å². The fourth-order valence-electron chi connectivity index (χ4n) is 3.34. The third kappa shape index (κ3) is 8.07. The predicted molar refractivity (Wildman–Crippen MR) is 130 cm³/mol. The van der Waals surface area contributed by atoms with Crippen LogP contribution in [0.3, 0.4) is 0 Å². The van der Waals surface area contributed by atoms with Crippen LogP contribution in [0.15, 0.2) is 54.6 Å². The molecule has 0 aliphatic heterocycles. The van der Waals surface area contributed by atoms with E-state index in [1.165, 1.54) is 13.8 Å². The van der Waals surface area contributed by atoms with Crippen LogP contribution in [0.25, 0.3) is 0 Å². The maximum absolute atomic E-state index is 12.5. The summed E-state index contributed by atoms with van der Waals surface area (Å²) in [6, 6.07) is 17.2. The van der Waals surface area contributed by atoms with Gasteiger partial charge in [-0.1, -0.05) is 30.3 Å². The molecule has 0 fully saturated rings. The Kier molecular flexibility index (Phi) is 11.9. The van der Waals surface area contributed by atoms with Crippen molar-refractivity contribution in [2.45, 2.75) is 51.7 Å². The van der Waals surface area contributed by atoms with Crippen molar-refractivity contribution < 1.29 is 43.2 Å². The summed E-state index contributed by atoms with van der Waals surface area (Å²) >= 11 is 0. The number of para-hydroxylation sites is 1. The van der Waals surface area contributed by atoms with Crippen LogP contribution in [-0.4, -0.2) is 61.1 Å². The van der Waals surface area contributed by atoms with Crippen molar-refractivity contribution in [3.8, 4) is 11.5 Å². The van der Waals surface area contributed by atoms with E-state index in [4.69, 9.17) is 23.7 Å². The molecule has 0 saturated carbocycles. The van der Waals surface area contributed by atoms with Crippen molar-refractivity contribution >= 4 is 17.9 Å². The molecule has 0 heterocycles. The molecule has 2 aromatic carbocycles. The molecular weight excluding hydrogens is 468 g/mol. The predicted octanol–water partition coefficient (Wildman–Crippen LogP) is 3.61. The second-order valence-corrected chi connectivity index (χ2v) is 7.73. The number of esters is 3. The van der Waals surface area contributed by atoms with Crippen LogP contribution >= 0.6 is 0 Å². The first-order chi connectivity index (χ1) is 17.4. The number of hydrogen-bond acceptors (Lipinski definition) is 9. The van der Waals surface area contributed by atoms with Gasteiger partial charge < -0.3 is 28.8 Å². The fourth-order valence-corrected chi connectivity index (χ4v) is 3.34. The molecule has 2 aromatic rings. The van der Waals surface area contributed by atoms with Crippen molar-refractivity contribution in [2.24, 2.45) is 0 Å². The number of carbonyl (C=O) groups excluding carboxylic acids is 3. The molecule has 0 spiro atoms. The fraction of sp³-hybridized carbons (Fsp3) is 0.444. The van der Waals surface area contributed by atoms with Crippen molar-refractivity contribution in [1.82, 2.24) is 0 Å². The topological polar surface area (TPSA) is 118 Å². The lowest BCUT2D eigenvalue weighted by atomic mass is 9.96. The molecule has 0 saturated heterocycles. The third-order valence-electron chi connectivity index (χ3n) is 5.10. The van der Waals surface area contributed by atoms with Gasteiger partial charge in [-0.05, 0) is 69.9 Å². The second kappa shape index (κ2) is 14.9. The van der Waals surface area contributed by atoms with Gasteiger partial charge in [-0.2, -0.15) is 0 Å². The minimum atomic E-state index is -2.98. The number of rotatable bonds is 15. The summed E-state index contributed by atoms with van der Waals surface area (Å²) < 4.78 is 25.9. The van der Waals surface area contributed by atoms with Crippen molar-refractivity contribution in [3.63, 3.8) is 0 Å². The van der Waals surface area contributed by atoms with Gasteiger partial charge in [0.2, 0.25) is 6.10 Å². The van der Waals surface area contributed by atoms with Crippen LogP contribution in [0.4, 0.5) is 0 Å². The molecule has 0 aromatic heterocycles.